The topological polar surface area (TPSA) is 35.5 Å². The van der Waals surface area contributed by atoms with Crippen molar-refractivity contribution in [1.29, 1.82) is 0 Å². The van der Waals surface area contributed by atoms with Crippen LogP contribution < -0.4 is 0 Å². The van der Waals surface area contributed by atoms with Gasteiger partial charge in [0.25, 0.3) is 0 Å². The van der Waals surface area contributed by atoms with Crippen LogP contribution in [0.25, 0.3) is 0 Å². The maximum absolute atomic E-state index is 11.7. The molecular formula is C13H22O3. The van der Waals surface area contributed by atoms with E-state index in [1.54, 1.807) is 6.92 Å². The van der Waals surface area contributed by atoms with E-state index in [0.29, 0.717) is 6.42 Å². The third-order valence-electron chi connectivity index (χ3n) is 2.38. The molecule has 0 bridgehead atoms. The summed E-state index contributed by atoms with van der Waals surface area (Å²) in [5.74, 6) is -0.105. The molecule has 3 nitrogen and oxygen atoms in total. The standard InChI is InChI=1S/C13H22O3/c1-6-12(14)13(4,16-10-15-5)9-7-8-11(2)3/h6,8H,1,7,9-10H2,2-5H3. The molecule has 0 aromatic rings. The fourth-order valence-electron chi connectivity index (χ4n) is 1.31. The van der Waals surface area contributed by atoms with Crippen LogP contribution in [0.5, 0.6) is 0 Å². The number of methoxy groups -OCH3 is 1. The van der Waals surface area contributed by atoms with Crippen molar-refractivity contribution < 1.29 is 14.3 Å². The van der Waals surface area contributed by atoms with Crippen LogP contribution in [0, 0.1) is 0 Å². The molecule has 0 spiro atoms. The highest BCUT2D eigenvalue weighted by Gasteiger charge is 2.31. The first-order valence-corrected chi connectivity index (χ1v) is 5.39. The van der Waals surface area contributed by atoms with Crippen LogP contribution in [-0.4, -0.2) is 25.3 Å². The zero-order chi connectivity index (χ0) is 12.6. The summed E-state index contributed by atoms with van der Waals surface area (Å²) in [6.07, 6.45) is 4.83. The van der Waals surface area contributed by atoms with E-state index in [1.165, 1.54) is 18.8 Å². The Morgan fingerprint density at radius 3 is 2.50 bits per heavy atom. The van der Waals surface area contributed by atoms with E-state index in [-0.39, 0.29) is 12.6 Å². The van der Waals surface area contributed by atoms with Crippen molar-refractivity contribution in [2.45, 2.75) is 39.2 Å². The first-order valence-electron chi connectivity index (χ1n) is 5.39. The van der Waals surface area contributed by atoms with Crippen molar-refractivity contribution in [3.8, 4) is 0 Å². The molecule has 0 amide bonds. The van der Waals surface area contributed by atoms with E-state index in [2.05, 4.69) is 12.7 Å². The minimum Gasteiger partial charge on any atom is -0.359 e. The molecule has 0 aromatic carbocycles. The number of rotatable bonds is 8. The van der Waals surface area contributed by atoms with Gasteiger partial charge in [0.05, 0.1) is 0 Å². The molecule has 0 saturated heterocycles. The summed E-state index contributed by atoms with van der Waals surface area (Å²) in [4.78, 5) is 11.7. The second-order valence-corrected chi connectivity index (χ2v) is 4.17. The number of hydrogen-bond acceptors (Lipinski definition) is 3. The summed E-state index contributed by atoms with van der Waals surface area (Å²) in [5, 5.41) is 0. The summed E-state index contributed by atoms with van der Waals surface area (Å²) in [7, 11) is 1.54. The number of allylic oxidation sites excluding steroid dienone is 2. The van der Waals surface area contributed by atoms with Crippen LogP contribution in [-0.2, 0) is 14.3 Å². The minimum atomic E-state index is -0.830. The van der Waals surface area contributed by atoms with Crippen molar-refractivity contribution >= 4 is 5.78 Å². The predicted octanol–water partition coefficient (Wildman–Crippen LogP) is 2.87. The number of carbonyl (C=O) groups is 1. The highest BCUT2D eigenvalue weighted by molar-refractivity contribution is 5.96. The summed E-state index contributed by atoms with van der Waals surface area (Å²) in [5.41, 5.74) is 0.407. The lowest BCUT2D eigenvalue weighted by atomic mass is 9.94. The molecule has 0 fully saturated rings. The number of ketones is 1. The minimum absolute atomic E-state index is 0.105. The second kappa shape index (κ2) is 7.36. The first kappa shape index (κ1) is 15.1. The van der Waals surface area contributed by atoms with Crippen molar-refractivity contribution in [2.24, 2.45) is 0 Å². The van der Waals surface area contributed by atoms with Crippen LogP contribution >= 0.6 is 0 Å². The second-order valence-electron chi connectivity index (χ2n) is 4.17. The molecule has 0 aliphatic heterocycles. The normalized spacial score (nSPS) is 14.0. The zero-order valence-corrected chi connectivity index (χ0v) is 10.7. The van der Waals surface area contributed by atoms with E-state index in [0.717, 1.165) is 6.42 Å². The van der Waals surface area contributed by atoms with Crippen LogP contribution in [0.4, 0.5) is 0 Å². The smallest absolute Gasteiger partial charge is 0.186 e. The van der Waals surface area contributed by atoms with Gasteiger partial charge in [0.15, 0.2) is 5.78 Å². The first-order chi connectivity index (χ1) is 7.46. The third-order valence-corrected chi connectivity index (χ3v) is 2.38. The summed E-state index contributed by atoms with van der Waals surface area (Å²) < 4.78 is 10.3. The molecule has 0 saturated carbocycles. The van der Waals surface area contributed by atoms with Gasteiger partial charge in [0.1, 0.15) is 12.4 Å². The molecule has 92 valence electrons. The Kier molecular flexibility index (Phi) is 6.93. The Labute approximate surface area is 98.1 Å². The molecular weight excluding hydrogens is 204 g/mol. The summed E-state index contributed by atoms with van der Waals surface area (Å²) in [6.45, 7) is 9.44. The summed E-state index contributed by atoms with van der Waals surface area (Å²) in [6, 6.07) is 0. The number of carbonyl (C=O) groups excluding carboxylic acids is 1. The average Bonchev–Trinajstić information content (AvgIpc) is 2.24. The molecule has 0 aliphatic carbocycles. The highest BCUT2D eigenvalue weighted by Crippen LogP contribution is 2.20. The largest absolute Gasteiger partial charge is 0.359 e. The monoisotopic (exact) mass is 226 g/mol. The van der Waals surface area contributed by atoms with E-state index in [9.17, 15) is 4.79 Å². The van der Waals surface area contributed by atoms with Crippen LogP contribution in [0.3, 0.4) is 0 Å². The van der Waals surface area contributed by atoms with Gasteiger partial charge >= 0.3 is 0 Å². The lowest BCUT2D eigenvalue weighted by Crippen LogP contribution is -2.37. The highest BCUT2D eigenvalue weighted by atomic mass is 16.7. The van der Waals surface area contributed by atoms with E-state index >= 15 is 0 Å². The molecule has 0 aromatic heterocycles. The zero-order valence-electron chi connectivity index (χ0n) is 10.7. The number of hydrogen-bond donors (Lipinski definition) is 0. The van der Waals surface area contributed by atoms with Crippen LogP contribution in [0.2, 0.25) is 0 Å². The van der Waals surface area contributed by atoms with Gasteiger partial charge in [-0.3, -0.25) is 4.79 Å². The predicted molar refractivity (Wildman–Crippen MR) is 65.2 cm³/mol. The van der Waals surface area contributed by atoms with Gasteiger partial charge in [0.2, 0.25) is 0 Å². The van der Waals surface area contributed by atoms with Gasteiger partial charge in [-0.05, 0) is 39.7 Å². The Balaban J connectivity index is 4.47. The fourth-order valence-corrected chi connectivity index (χ4v) is 1.31. The van der Waals surface area contributed by atoms with Gasteiger partial charge in [0, 0.05) is 7.11 Å². The number of ether oxygens (including phenoxy) is 2. The lowest BCUT2D eigenvalue weighted by molar-refractivity contribution is -0.155. The van der Waals surface area contributed by atoms with Crippen molar-refractivity contribution in [3.05, 3.63) is 24.3 Å². The Morgan fingerprint density at radius 2 is 2.06 bits per heavy atom. The van der Waals surface area contributed by atoms with Crippen molar-refractivity contribution in [3.63, 3.8) is 0 Å². The van der Waals surface area contributed by atoms with E-state index in [4.69, 9.17) is 9.47 Å². The van der Waals surface area contributed by atoms with E-state index in [1.807, 2.05) is 13.8 Å². The van der Waals surface area contributed by atoms with E-state index < -0.39 is 5.60 Å². The molecule has 1 atom stereocenters. The molecule has 1 unspecified atom stereocenters. The molecule has 3 heteroatoms. The fraction of sp³-hybridized carbons (Fsp3) is 0.615. The maximum atomic E-state index is 11.7. The maximum Gasteiger partial charge on any atom is 0.186 e. The van der Waals surface area contributed by atoms with Gasteiger partial charge in [-0.25, -0.2) is 0 Å². The molecule has 0 rings (SSSR count). The molecule has 0 aliphatic rings. The molecule has 0 radical (unpaired) electrons. The third kappa shape index (κ3) is 5.24. The molecule has 16 heavy (non-hydrogen) atoms. The molecule has 0 N–H and O–H groups in total. The quantitative estimate of drug-likeness (QED) is 0.363. The molecule has 0 heterocycles. The van der Waals surface area contributed by atoms with Crippen molar-refractivity contribution in [1.82, 2.24) is 0 Å². The summed E-state index contributed by atoms with van der Waals surface area (Å²) >= 11 is 0. The van der Waals surface area contributed by atoms with Crippen molar-refractivity contribution in [2.75, 3.05) is 13.9 Å². The van der Waals surface area contributed by atoms with Crippen LogP contribution in [0.15, 0.2) is 24.3 Å². The van der Waals surface area contributed by atoms with Gasteiger partial charge < -0.3 is 9.47 Å². The van der Waals surface area contributed by atoms with Gasteiger partial charge in [-0.2, -0.15) is 0 Å². The average molecular weight is 226 g/mol. The lowest BCUT2D eigenvalue weighted by Gasteiger charge is -2.26. The Bertz CT molecular complexity index is 264. The SMILES string of the molecule is C=CC(=O)C(C)(CCC=C(C)C)OCOC. The van der Waals surface area contributed by atoms with Gasteiger partial charge in [-0.15, -0.1) is 0 Å². The van der Waals surface area contributed by atoms with Crippen LogP contribution in [0.1, 0.15) is 33.6 Å². The Morgan fingerprint density at radius 1 is 1.44 bits per heavy atom. The Hall–Kier alpha value is -0.930. The van der Waals surface area contributed by atoms with Gasteiger partial charge in [-0.1, -0.05) is 18.2 Å².